The number of carbonyl (C=O) groups excluding carboxylic acids is 6. The van der Waals surface area contributed by atoms with Gasteiger partial charge in [0.25, 0.3) is 5.91 Å². The van der Waals surface area contributed by atoms with Crippen LogP contribution >= 0.6 is 0 Å². The molecule has 0 unspecified atom stereocenters. The van der Waals surface area contributed by atoms with Crippen LogP contribution in [0.2, 0.25) is 0 Å². The van der Waals surface area contributed by atoms with Crippen LogP contribution < -0.4 is 14.8 Å². The number of methoxy groups -OCH3 is 1. The number of carbonyl (C=O) groups is 6. The fourth-order valence-corrected chi connectivity index (χ4v) is 4.31. The molecule has 236 valence electrons. The first kappa shape index (κ1) is 33.5. The molecule has 1 amide bonds. The van der Waals surface area contributed by atoms with Gasteiger partial charge >= 0.3 is 23.9 Å². The van der Waals surface area contributed by atoms with E-state index in [0.717, 1.165) is 27.7 Å². The van der Waals surface area contributed by atoms with E-state index >= 15 is 0 Å². The normalized spacial score (nSPS) is 20.8. The molecule has 0 bridgehead atoms. The zero-order valence-corrected chi connectivity index (χ0v) is 24.9. The highest BCUT2D eigenvalue weighted by molar-refractivity contribution is 6.05. The van der Waals surface area contributed by atoms with Crippen LogP contribution in [0.4, 0.5) is 5.69 Å². The molecule has 1 fully saturated rings. The molecule has 3 rings (SSSR count). The Kier molecular flexibility index (Phi) is 11.4. The minimum Gasteiger partial charge on any atom is -0.493 e. The Morgan fingerprint density at radius 2 is 1.27 bits per heavy atom. The van der Waals surface area contributed by atoms with Gasteiger partial charge < -0.3 is 38.5 Å². The standard InChI is InChI=1S/C30H33NO13/c1-15(32)20-7-10-22(11-8-20)31-29(37)21-9-12-23(24(13-21)38-6)43-30-28(42-19(5)36)27(41-18(4)35)26(40-17(3)34)25(44-30)14-39-16(2)33/h7-13,25-28,30H,14H2,1-6H3,(H,31,37)/t25-,26-,27+,28-,30+/m0/s1. The smallest absolute Gasteiger partial charge is 0.303 e. The summed E-state index contributed by atoms with van der Waals surface area (Å²) in [6, 6.07) is 10.6. The summed E-state index contributed by atoms with van der Waals surface area (Å²) in [4.78, 5) is 72.0. The van der Waals surface area contributed by atoms with Crippen molar-refractivity contribution >= 4 is 41.3 Å². The van der Waals surface area contributed by atoms with Crippen LogP contribution in [0.25, 0.3) is 0 Å². The van der Waals surface area contributed by atoms with Gasteiger partial charge in [-0.2, -0.15) is 0 Å². The lowest BCUT2D eigenvalue weighted by molar-refractivity contribution is -0.288. The Hall–Kier alpha value is -4.98. The van der Waals surface area contributed by atoms with Crippen LogP contribution in [0.1, 0.15) is 55.3 Å². The molecule has 0 spiro atoms. The van der Waals surface area contributed by atoms with E-state index in [9.17, 15) is 28.8 Å². The van der Waals surface area contributed by atoms with Crippen molar-refractivity contribution in [1.29, 1.82) is 0 Å². The molecule has 44 heavy (non-hydrogen) atoms. The first-order valence-electron chi connectivity index (χ1n) is 13.4. The zero-order chi connectivity index (χ0) is 32.6. The number of esters is 4. The van der Waals surface area contributed by atoms with Crippen molar-refractivity contribution < 1.29 is 61.9 Å². The summed E-state index contributed by atoms with van der Waals surface area (Å²) < 4.78 is 38.6. The summed E-state index contributed by atoms with van der Waals surface area (Å²) in [5.41, 5.74) is 1.14. The summed E-state index contributed by atoms with van der Waals surface area (Å²) in [7, 11) is 1.33. The Labute approximate surface area is 252 Å². The molecule has 1 saturated heterocycles. The highest BCUT2D eigenvalue weighted by Crippen LogP contribution is 2.35. The van der Waals surface area contributed by atoms with Crippen molar-refractivity contribution in [3.63, 3.8) is 0 Å². The number of amides is 1. The fraction of sp³-hybridized carbons (Fsp3) is 0.400. The molecular formula is C30H33NO13. The number of rotatable bonds is 11. The summed E-state index contributed by atoms with van der Waals surface area (Å²) in [6.45, 7) is 5.49. The van der Waals surface area contributed by atoms with E-state index in [-0.39, 0.29) is 22.8 Å². The van der Waals surface area contributed by atoms with Crippen molar-refractivity contribution in [3.05, 3.63) is 53.6 Å². The molecule has 1 aliphatic rings. The molecule has 2 aromatic rings. The summed E-state index contributed by atoms with van der Waals surface area (Å²) in [5, 5.41) is 2.72. The molecule has 0 aromatic heterocycles. The van der Waals surface area contributed by atoms with Crippen LogP contribution in [0.5, 0.6) is 11.5 Å². The summed E-state index contributed by atoms with van der Waals surface area (Å²) >= 11 is 0. The highest BCUT2D eigenvalue weighted by Gasteiger charge is 2.53. The van der Waals surface area contributed by atoms with E-state index in [2.05, 4.69) is 5.32 Å². The lowest BCUT2D eigenvalue weighted by Crippen LogP contribution is -2.63. The van der Waals surface area contributed by atoms with Crippen LogP contribution in [-0.2, 0) is 42.9 Å². The number of ketones is 1. The van der Waals surface area contributed by atoms with Gasteiger partial charge in [0.05, 0.1) is 7.11 Å². The minimum absolute atomic E-state index is 0.0377. The van der Waals surface area contributed by atoms with Crippen molar-refractivity contribution in [1.82, 2.24) is 0 Å². The number of benzene rings is 2. The molecule has 1 aliphatic heterocycles. The first-order chi connectivity index (χ1) is 20.8. The molecule has 0 radical (unpaired) electrons. The van der Waals surface area contributed by atoms with Gasteiger partial charge in [0.2, 0.25) is 12.4 Å². The monoisotopic (exact) mass is 615 g/mol. The van der Waals surface area contributed by atoms with Gasteiger partial charge in [-0.25, -0.2) is 0 Å². The summed E-state index contributed by atoms with van der Waals surface area (Å²) in [5.74, 6) is -3.50. The maximum absolute atomic E-state index is 12.9. The molecule has 1 N–H and O–H groups in total. The van der Waals surface area contributed by atoms with Crippen molar-refractivity contribution in [2.75, 3.05) is 19.0 Å². The van der Waals surface area contributed by atoms with Crippen molar-refractivity contribution in [2.24, 2.45) is 0 Å². The van der Waals surface area contributed by atoms with Gasteiger partial charge in [0.1, 0.15) is 12.7 Å². The molecule has 14 heteroatoms. The maximum atomic E-state index is 12.9. The molecular weight excluding hydrogens is 582 g/mol. The molecule has 1 heterocycles. The van der Waals surface area contributed by atoms with Gasteiger partial charge in [0.15, 0.2) is 29.5 Å². The second-order valence-corrected chi connectivity index (χ2v) is 9.64. The average Bonchev–Trinajstić information content (AvgIpc) is 2.94. The Balaban J connectivity index is 1.93. The predicted molar refractivity (Wildman–Crippen MR) is 150 cm³/mol. The number of ether oxygens (including phenoxy) is 7. The highest BCUT2D eigenvalue weighted by atomic mass is 16.7. The first-order valence-corrected chi connectivity index (χ1v) is 13.4. The lowest BCUT2D eigenvalue weighted by atomic mass is 9.98. The second-order valence-electron chi connectivity index (χ2n) is 9.64. The quantitative estimate of drug-likeness (QED) is 0.222. The van der Waals surface area contributed by atoms with Gasteiger partial charge in [0, 0.05) is 44.5 Å². The van der Waals surface area contributed by atoms with E-state index in [1.54, 1.807) is 24.3 Å². The third-order valence-corrected chi connectivity index (χ3v) is 6.17. The van der Waals surface area contributed by atoms with Crippen LogP contribution in [-0.4, -0.2) is 80.0 Å². The number of Topliss-reactive ketones (excluding diaryl/α,β-unsaturated/α-hetero) is 1. The van der Waals surface area contributed by atoms with E-state index in [4.69, 9.17) is 33.2 Å². The molecule has 14 nitrogen and oxygen atoms in total. The number of hydrogen-bond donors (Lipinski definition) is 1. The van der Waals surface area contributed by atoms with E-state index < -0.39 is 67.1 Å². The van der Waals surface area contributed by atoms with Gasteiger partial charge in [-0.05, 0) is 49.4 Å². The Morgan fingerprint density at radius 1 is 0.705 bits per heavy atom. The maximum Gasteiger partial charge on any atom is 0.303 e. The fourth-order valence-electron chi connectivity index (χ4n) is 4.31. The lowest BCUT2D eigenvalue weighted by Gasteiger charge is -2.44. The Bertz CT molecular complexity index is 1400. The Morgan fingerprint density at radius 3 is 1.82 bits per heavy atom. The summed E-state index contributed by atoms with van der Waals surface area (Å²) in [6.07, 6.45) is -6.94. The zero-order valence-electron chi connectivity index (χ0n) is 24.9. The molecule has 5 atom stereocenters. The molecule has 0 saturated carbocycles. The van der Waals surface area contributed by atoms with E-state index in [0.29, 0.717) is 11.3 Å². The largest absolute Gasteiger partial charge is 0.493 e. The number of anilines is 1. The SMILES string of the molecule is COc1cc(C(=O)Nc2ccc(C(C)=O)cc2)ccc1O[C@@H]1O[C@@H](COC(C)=O)[C@H](OC(C)=O)[C@@H](OC(C)=O)[C@@H]1OC(C)=O. The van der Waals surface area contributed by atoms with E-state index in [1.807, 2.05) is 0 Å². The van der Waals surface area contributed by atoms with Gasteiger partial charge in [-0.3, -0.25) is 28.8 Å². The minimum atomic E-state index is -1.50. The van der Waals surface area contributed by atoms with Crippen molar-refractivity contribution in [2.45, 2.75) is 65.3 Å². The number of hydrogen-bond acceptors (Lipinski definition) is 13. The van der Waals surface area contributed by atoms with Gasteiger partial charge in [-0.15, -0.1) is 0 Å². The van der Waals surface area contributed by atoms with Crippen LogP contribution in [0.15, 0.2) is 42.5 Å². The third kappa shape index (κ3) is 9.01. The second kappa shape index (κ2) is 15.0. The average molecular weight is 616 g/mol. The van der Waals surface area contributed by atoms with Crippen LogP contribution in [0.3, 0.4) is 0 Å². The van der Waals surface area contributed by atoms with Gasteiger partial charge in [-0.1, -0.05) is 0 Å². The number of nitrogens with one attached hydrogen (secondary N) is 1. The van der Waals surface area contributed by atoms with Crippen molar-refractivity contribution in [3.8, 4) is 11.5 Å². The molecule has 0 aliphatic carbocycles. The van der Waals surface area contributed by atoms with Crippen LogP contribution in [0, 0.1) is 0 Å². The third-order valence-electron chi connectivity index (χ3n) is 6.17. The van der Waals surface area contributed by atoms with E-state index in [1.165, 1.54) is 32.2 Å². The predicted octanol–water partition coefficient (Wildman–Crippen LogP) is 2.61. The molecule has 2 aromatic carbocycles. The topological polar surface area (TPSA) is 179 Å².